The molecule has 1 saturated carbocycles. The Morgan fingerprint density at radius 1 is 1.38 bits per heavy atom. The molecule has 1 rings (SSSR count). The number of hydrogen-bond donors (Lipinski definition) is 1. The summed E-state index contributed by atoms with van der Waals surface area (Å²) in [6.07, 6.45) is 3.13. The Hall–Kier alpha value is -0.440. The molecule has 1 N–H and O–H groups in total. The molecule has 0 radical (unpaired) electrons. The fourth-order valence-corrected chi connectivity index (χ4v) is 1.03. The third kappa shape index (κ3) is 4.98. The number of alkyl carbamates (subject to hydrolysis) is 1. The summed E-state index contributed by atoms with van der Waals surface area (Å²) in [4.78, 5) is 11.1. The smallest absolute Gasteiger partial charge is 0.407 e. The van der Waals surface area contributed by atoms with Crippen molar-refractivity contribution in [2.24, 2.45) is 0 Å². The summed E-state index contributed by atoms with van der Waals surface area (Å²) in [5.74, 6) is 0. The van der Waals surface area contributed by atoms with Crippen LogP contribution in [-0.2, 0) is 4.74 Å². The maximum Gasteiger partial charge on any atom is 0.407 e. The van der Waals surface area contributed by atoms with Gasteiger partial charge in [0.05, 0.1) is 0 Å². The topological polar surface area (TPSA) is 38.3 Å². The fraction of sp³-hybridized carbons (Fsp3) is 0.889. The van der Waals surface area contributed by atoms with Gasteiger partial charge >= 0.3 is 6.09 Å². The predicted molar refractivity (Wildman–Crippen MR) is 54.3 cm³/mol. The van der Waals surface area contributed by atoms with Crippen molar-refractivity contribution in [3.05, 3.63) is 0 Å². The number of hydrogen-bond acceptors (Lipinski definition) is 2. The van der Waals surface area contributed by atoms with Crippen LogP contribution in [0, 0.1) is 0 Å². The Kier molecular flexibility index (Phi) is 4.54. The van der Waals surface area contributed by atoms with Crippen molar-refractivity contribution < 1.29 is 9.53 Å². The quantitative estimate of drug-likeness (QED) is 0.718. The van der Waals surface area contributed by atoms with E-state index in [4.69, 9.17) is 4.74 Å². The van der Waals surface area contributed by atoms with Crippen LogP contribution in [0.25, 0.3) is 0 Å². The molecular weight excluding hydrogens is 190 g/mol. The molecule has 3 nitrogen and oxygen atoms in total. The highest BCUT2D eigenvalue weighted by Crippen LogP contribution is 2.18. The molecule has 0 bridgehead atoms. The third-order valence-electron chi connectivity index (χ3n) is 1.83. The maximum absolute atomic E-state index is 11.1. The molecule has 1 fully saturated rings. The molecule has 0 aliphatic heterocycles. The Labute approximate surface area is 85.6 Å². The van der Waals surface area contributed by atoms with E-state index < -0.39 is 0 Å². The second-order valence-corrected chi connectivity index (χ2v) is 4.27. The van der Waals surface area contributed by atoms with E-state index in [0.29, 0.717) is 6.04 Å². The molecule has 0 aromatic heterocycles. The SMILES string of the molecule is CC(C)(C)OC(=O)NC1CCC1.Cl. The zero-order chi connectivity index (χ0) is 9.19. The van der Waals surface area contributed by atoms with Gasteiger partial charge in [0.2, 0.25) is 0 Å². The zero-order valence-electron chi connectivity index (χ0n) is 8.42. The van der Waals surface area contributed by atoms with Crippen molar-refractivity contribution in [1.82, 2.24) is 5.32 Å². The molecule has 4 heteroatoms. The number of nitrogens with one attached hydrogen (secondary N) is 1. The van der Waals surface area contributed by atoms with Crippen molar-refractivity contribution >= 4 is 18.5 Å². The second kappa shape index (κ2) is 4.70. The molecule has 0 heterocycles. The van der Waals surface area contributed by atoms with E-state index in [2.05, 4.69) is 5.32 Å². The summed E-state index contributed by atoms with van der Waals surface area (Å²) in [6, 6.07) is 0.361. The Morgan fingerprint density at radius 2 is 1.92 bits per heavy atom. The molecule has 0 spiro atoms. The van der Waals surface area contributed by atoms with Gasteiger partial charge in [0, 0.05) is 6.04 Å². The van der Waals surface area contributed by atoms with Crippen LogP contribution >= 0.6 is 12.4 Å². The summed E-state index contributed by atoms with van der Waals surface area (Å²) < 4.78 is 5.09. The van der Waals surface area contributed by atoms with Crippen LogP contribution in [0.3, 0.4) is 0 Å². The Bertz CT molecular complexity index is 173. The lowest BCUT2D eigenvalue weighted by Gasteiger charge is -2.28. The van der Waals surface area contributed by atoms with Crippen LogP contribution in [0.1, 0.15) is 40.0 Å². The van der Waals surface area contributed by atoms with Gasteiger partial charge in [-0.2, -0.15) is 0 Å². The number of halogens is 1. The standard InChI is InChI=1S/C9H17NO2.ClH/c1-9(2,3)12-8(11)10-7-5-4-6-7;/h7H,4-6H2,1-3H3,(H,10,11);1H. The highest BCUT2D eigenvalue weighted by atomic mass is 35.5. The first-order valence-electron chi connectivity index (χ1n) is 4.47. The zero-order valence-corrected chi connectivity index (χ0v) is 9.24. The van der Waals surface area contributed by atoms with Crippen LogP contribution < -0.4 is 5.32 Å². The molecule has 1 amide bonds. The van der Waals surface area contributed by atoms with Crippen molar-refractivity contribution in [3.8, 4) is 0 Å². The van der Waals surface area contributed by atoms with E-state index in [1.54, 1.807) is 0 Å². The molecule has 0 unspecified atom stereocenters. The summed E-state index contributed by atoms with van der Waals surface area (Å²) in [5.41, 5.74) is -0.381. The number of ether oxygens (including phenoxy) is 1. The van der Waals surface area contributed by atoms with Crippen LogP contribution in [0.15, 0.2) is 0 Å². The first-order valence-corrected chi connectivity index (χ1v) is 4.47. The number of carbonyl (C=O) groups is 1. The largest absolute Gasteiger partial charge is 0.444 e. The number of carbonyl (C=O) groups excluding carboxylic acids is 1. The third-order valence-corrected chi connectivity index (χ3v) is 1.83. The minimum Gasteiger partial charge on any atom is -0.444 e. The van der Waals surface area contributed by atoms with Crippen LogP contribution in [0.5, 0.6) is 0 Å². The molecule has 0 atom stereocenters. The van der Waals surface area contributed by atoms with Gasteiger partial charge in [0.1, 0.15) is 5.60 Å². The first-order chi connectivity index (χ1) is 5.47. The molecule has 0 saturated heterocycles. The minimum atomic E-state index is -0.381. The molecule has 0 aromatic rings. The van der Waals surface area contributed by atoms with Crippen LogP contribution in [0.2, 0.25) is 0 Å². The van der Waals surface area contributed by atoms with Gasteiger partial charge in [-0.1, -0.05) is 0 Å². The van der Waals surface area contributed by atoms with Crippen molar-refractivity contribution in [2.75, 3.05) is 0 Å². The normalized spacial score (nSPS) is 16.8. The fourth-order valence-electron chi connectivity index (χ4n) is 1.03. The average Bonchev–Trinajstić information content (AvgIpc) is 1.74. The minimum absolute atomic E-state index is 0. The molecule has 0 aromatic carbocycles. The summed E-state index contributed by atoms with van der Waals surface area (Å²) in [5, 5.41) is 2.81. The summed E-state index contributed by atoms with van der Waals surface area (Å²) >= 11 is 0. The molecule has 1 aliphatic rings. The lowest BCUT2D eigenvalue weighted by atomic mass is 9.93. The Morgan fingerprint density at radius 3 is 2.23 bits per heavy atom. The highest BCUT2D eigenvalue weighted by molar-refractivity contribution is 5.85. The number of rotatable bonds is 1. The van der Waals surface area contributed by atoms with Gasteiger partial charge in [-0.25, -0.2) is 4.79 Å². The molecule has 78 valence electrons. The summed E-state index contributed by atoms with van der Waals surface area (Å²) in [7, 11) is 0. The average molecular weight is 208 g/mol. The lowest BCUT2D eigenvalue weighted by Crippen LogP contribution is -2.42. The van der Waals surface area contributed by atoms with Gasteiger partial charge in [-0.05, 0) is 40.0 Å². The van der Waals surface area contributed by atoms with Gasteiger partial charge < -0.3 is 10.1 Å². The van der Waals surface area contributed by atoms with E-state index >= 15 is 0 Å². The summed E-state index contributed by atoms with van der Waals surface area (Å²) in [6.45, 7) is 5.61. The Balaban J connectivity index is 0.00000144. The first kappa shape index (κ1) is 12.6. The predicted octanol–water partition coefficient (Wildman–Crippen LogP) is 2.49. The van der Waals surface area contributed by atoms with Crippen LogP contribution in [0.4, 0.5) is 4.79 Å². The van der Waals surface area contributed by atoms with Gasteiger partial charge in [0.25, 0.3) is 0 Å². The maximum atomic E-state index is 11.1. The van der Waals surface area contributed by atoms with Crippen LogP contribution in [-0.4, -0.2) is 17.7 Å². The van der Waals surface area contributed by atoms with Crippen molar-refractivity contribution in [1.29, 1.82) is 0 Å². The second-order valence-electron chi connectivity index (χ2n) is 4.27. The number of amides is 1. The molecule has 1 aliphatic carbocycles. The van der Waals surface area contributed by atoms with Gasteiger partial charge in [-0.15, -0.1) is 12.4 Å². The molecule has 13 heavy (non-hydrogen) atoms. The van der Waals surface area contributed by atoms with Crippen molar-refractivity contribution in [2.45, 2.75) is 51.7 Å². The monoisotopic (exact) mass is 207 g/mol. The van der Waals surface area contributed by atoms with E-state index in [0.717, 1.165) is 12.8 Å². The van der Waals surface area contributed by atoms with E-state index in [9.17, 15) is 4.79 Å². The van der Waals surface area contributed by atoms with E-state index in [1.807, 2.05) is 20.8 Å². The highest BCUT2D eigenvalue weighted by Gasteiger charge is 2.22. The van der Waals surface area contributed by atoms with Gasteiger partial charge in [0.15, 0.2) is 0 Å². The van der Waals surface area contributed by atoms with E-state index in [1.165, 1.54) is 6.42 Å². The van der Waals surface area contributed by atoms with Gasteiger partial charge in [-0.3, -0.25) is 0 Å². The van der Waals surface area contributed by atoms with E-state index in [-0.39, 0.29) is 24.1 Å². The van der Waals surface area contributed by atoms with Crippen molar-refractivity contribution in [3.63, 3.8) is 0 Å². The molecular formula is C9H18ClNO2. The lowest BCUT2D eigenvalue weighted by molar-refractivity contribution is 0.0480.